The van der Waals surface area contributed by atoms with Crippen LogP contribution in [0.4, 0.5) is 0 Å². The summed E-state index contributed by atoms with van der Waals surface area (Å²) >= 11 is 0. The lowest BCUT2D eigenvalue weighted by molar-refractivity contribution is -0.243. The normalized spacial score (nSPS) is 28.2. The zero-order valence-corrected chi connectivity index (χ0v) is 7.62. The molecule has 1 aliphatic rings. The molecule has 0 aliphatic carbocycles. The van der Waals surface area contributed by atoms with Crippen molar-refractivity contribution < 1.29 is 19.0 Å². The molecule has 0 spiro atoms. The Morgan fingerprint density at radius 2 is 2.33 bits per heavy atom. The van der Waals surface area contributed by atoms with Crippen LogP contribution in [0.25, 0.3) is 0 Å². The molecule has 0 aromatic heterocycles. The SMILES string of the molecule is CCOC1COC(C)(C)C(=O)O1. The molecule has 12 heavy (non-hydrogen) atoms. The van der Waals surface area contributed by atoms with Gasteiger partial charge in [-0.1, -0.05) is 0 Å². The van der Waals surface area contributed by atoms with Crippen molar-refractivity contribution in [2.45, 2.75) is 32.7 Å². The van der Waals surface area contributed by atoms with Crippen LogP contribution >= 0.6 is 0 Å². The first-order valence-corrected chi connectivity index (χ1v) is 4.03. The van der Waals surface area contributed by atoms with Gasteiger partial charge < -0.3 is 14.2 Å². The Morgan fingerprint density at radius 3 is 2.83 bits per heavy atom. The zero-order valence-electron chi connectivity index (χ0n) is 7.62. The first kappa shape index (κ1) is 9.48. The fourth-order valence-corrected chi connectivity index (χ4v) is 0.899. The number of ether oxygens (including phenoxy) is 3. The molecule has 1 rings (SSSR count). The van der Waals surface area contributed by atoms with Crippen molar-refractivity contribution in [3.8, 4) is 0 Å². The van der Waals surface area contributed by atoms with Gasteiger partial charge in [0.05, 0.1) is 0 Å². The van der Waals surface area contributed by atoms with Gasteiger partial charge in [0.15, 0.2) is 5.60 Å². The van der Waals surface area contributed by atoms with E-state index in [1.54, 1.807) is 13.8 Å². The van der Waals surface area contributed by atoms with E-state index in [1.165, 1.54) is 0 Å². The highest BCUT2D eigenvalue weighted by Gasteiger charge is 2.38. The molecular formula is C8H14O4. The van der Waals surface area contributed by atoms with Crippen LogP contribution in [0.2, 0.25) is 0 Å². The highest BCUT2D eigenvalue weighted by atomic mass is 16.7. The first-order chi connectivity index (χ1) is 5.56. The molecule has 0 bridgehead atoms. The van der Waals surface area contributed by atoms with E-state index in [0.29, 0.717) is 13.2 Å². The molecule has 1 atom stereocenters. The van der Waals surface area contributed by atoms with Gasteiger partial charge in [0.25, 0.3) is 0 Å². The van der Waals surface area contributed by atoms with E-state index < -0.39 is 11.9 Å². The molecule has 0 aromatic rings. The monoisotopic (exact) mass is 174 g/mol. The van der Waals surface area contributed by atoms with Crippen LogP contribution in [0, 0.1) is 0 Å². The van der Waals surface area contributed by atoms with Gasteiger partial charge in [-0.05, 0) is 20.8 Å². The van der Waals surface area contributed by atoms with Crippen molar-refractivity contribution in [2.24, 2.45) is 0 Å². The molecule has 1 saturated heterocycles. The van der Waals surface area contributed by atoms with E-state index in [2.05, 4.69) is 0 Å². The van der Waals surface area contributed by atoms with Crippen molar-refractivity contribution in [1.82, 2.24) is 0 Å². The average molecular weight is 174 g/mol. The van der Waals surface area contributed by atoms with E-state index in [-0.39, 0.29) is 5.97 Å². The lowest BCUT2D eigenvalue weighted by Gasteiger charge is -2.32. The van der Waals surface area contributed by atoms with E-state index >= 15 is 0 Å². The molecule has 4 nitrogen and oxygen atoms in total. The molecule has 0 N–H and O–H groups in total. The highest BCUT2D eigenvalue weighted by molar-refractivity contribution is 5.79. The maximum absolute atomic E-state index is 11.2. The molecular weight excluding hydrogens is 160 g/mol. The van der Waals surface area contributed by atoms with Crippen LogP contribution in [-0.4, -0.2) is 31.1 Å². The van der Waals surface area contributed by atoms with Gasteiger partial charge >= 0.3 is 5.97 Å². The summed E-state index contributed by atoms with van der Waals surface area (Å²) in [7, 11) is 0. The maximum atomic E-state index is 11.2. The van der Waals surface area contributed by atoms with Crippen LogP contribution in [0.5, 0.6) is 0 Å². The minimum absolute atomic E-state index is 0.312. The molecule has 0 amide bonds. The second kappa shape index (κ2) is 3.41. The molecule has 4 heteroatoms. The third-order valence-corrected chi connectivity index (χ3v) is 1.66. The molecule has 0 radical (unpaired) electrons. The van der Waals surface area contributed by atoms with Crippen molar-refractivity contribution in [3.63, 3.8) is 0 Å². The molecule has 1 heterocycles. The number of carbonyl (C=O) groups excluding carboxylic acids is 1. The highest BCUT2D eigenvalue weighted by Crippen LogP contribution is 2.19. The molecule has 70 valence electrons. The minimum Gasteiger partial charge on any atom is -0.431 e. The van der Waals surface area contributed by atoms with Gasteiger partial charge in [-0.25, -0.2) is 4.79 Å². The Balaban J connectivity index is 2.47. The summed E-state index contributed by atoms with van der Waals surface area (Å²) in [6, 6.07) is 0. The topological polar surface area (TPSA) is 44.8 Å². The molecule has 0 aromatic carbocycles. The standard InChI is InChI=1S/C8H14O4/c1-4-10-6-5-11-8(2,3)7(9)12-6/h6H,4-5H2,1-3H3. The Hall–Kier alpha value is -0.610. The number of hydrogen-bond donors (Lipinski definition) is 0. The Kier molecular flexibility index (Phi) is 2.69. The minimum atomic E-state index is -0.826. The summed E-state index contributed by atoms with van der Waals surface area (Å²) < 4.78 is 15.3. The van der Waals surface area contributed by atoms with E-state index in [4.69, 9.17) is 14.2 Å². The Morgan fingerprint density at radius 1 is 1.67 bits per heavy atom. The Bertz CT molecular complexity index is 176. The summed E-state index contributed by atoms with van der Waals surface area (Å²) in [5, 5.41) is 0. The predicted octanol–water partition coefficient (Wildman–Crippen LogP) is 0.701. The molecule has 1 unspecified atom stereocenters. The van der Waals surface area contributed by atoms with Crippen LogP contribution in [-0.2, 0) is 19.0 Å². The average Bonchev–Trinajstić information content (AvgIpc) is 1.98. The largest absolute Gasteiger partial charge is 0.431 e. The number of esters is 1. The summed E-state index contributed by atoms with van der Waals surface area (Å²) in [5.74, 6) is -0.368. The fraction of sp³-hybridized carbons (Fsp3) is 0.875. The zero-order chi connectivity index (χ0) is 9.19. The van der Waals surface area contributed by atoms with E-state index in [1.807, 2.05) is 6.92 Å². The van der Waals surface area contributed by atoms with Crippen molar-refractivity contribution >= 4 is 5.97 Å². The summed E-state index contributed by atoms with van der Waals surface area (Å²) in [6.07, 6.45) is -0.532. The van der Waals surface area contributed by atoms with Gasteiger partial charge in [0, 0.05) is 6.61 Å². The summed E-state index contributed by atoms with van der Waals surface area (Å²) in [5.41, 5.74) is -0.826. The van der Waals surface area contributed by atoms with Crippen molar-refractivity contribution in [1.29, 1.82) is 0 Å². The van der Waals surface area contributed by atoms with Gasteiger partial charge in [-0.15, -0.1) is 0 Å². The van der Waals surface area contributed by atoms with Crippen LogP contribution in [0.1, 0.15) is 20.8 Å². The smallest absolute Gasteiger partial charge is 0.340 e. The number of carbonyl (C=O) groups is 1. The maximum Gasteiger partial charge on any atom is 0.340 e. The van der Waals surface area contributed by atoms with Crippen LogP contribution in [0.15, 0.2) is 0 Å². The van der Waals surface area contributed by atoms with Crippen LogP contribution < -0.4 is 0 Å². The number of rotatable bonds is 2. The van der Waals surface area contributed by atoms with Gasteiger partial charge in [0.2, 0.25) is 6.29 Å². The number of hydrogen-bond acceptors (Lipinski definition) is 4. The molecule has 1 aliphatic heterocycles. The summed E-state index contributed by atoms with van der Waals surface area (Å²) in [4.78, 5) is 11.2. The number of cyclic esters (lactones) is 1. The second-order valence-corrected chi connectivity index (χ2v) is 3.11. The lowest BCUT2D eigenvalue weighted by Crippen LogP contribution is -2.47. The van der Waals surface area contributed by atoms with Crippen LogP contribution in [0.3, 0.4) is 0 Å². The predicted molar refractivity (Wildman–Crippen MR) is 41.5 cm³/mol. The van der Waals surface area contributed by atoms with Gasteiger partial charge in [-0.2, -0.15) is 0 Å². The first-order valence-electron chi connectivity index (χ1n) is 4.03. The lowest BCUT2D eigenvalue weighted by atomic mass is 10.1. The summed E-state index contributed by atoms with van der Waals surface area (Å²) in [6.45, 7) is 6.02. The quantitative estimate of drug-likeness (QED) is 0.578. The van der Waals surface area contributed by atoms with Crippen molar-refractivity contribution in [3.05, 3.63) is 0 Å². The van der Waals surface area contributed by atoms with E-state index in [9.17, 15) is 4.79 Å². The Labute approximate surface area is 71.8 Å². The molecule has 0 saturated carbocycles. The second-order valence-electron chi connectivity index (χ2n) is 3.11. The fourth-order valence-electron chi connectivity index (χ4n) is 0.899. The van der Waals surface area contributed by atoms with Gasteiger partial charge in [0.1, 0.15) is 6.61 Å². The molecule has 1 fully saturated rings. The van der Waals surface area contributed by atoms with Crippen molar-refractivity contribution in [2.75, 3.05) is 13.2 Å². The third kappa shape index (κ3) is 1.95. The third-order valence-electron chi connectivity index (χ3n) is 1.66. The van der Waals surface area contributed by atoms with E-state index in [0.717, 1.165) is 0 Å². The van der Waals surface area contributed by atoms with Gasteiger partial charge in [-0.3, -0.25) is 0 Å².